The van der Waals surface area contributed by atoms with E-state index in [9.17, 15) is 14.7 Å². The first kappa shape index (κ1) is 22.1. The standard InChI is InChI=1S/C26H31N3O3/c1-28(2)22-9-7-19(8-10-22)26(32)29-14-12-20(16-25(30)31)21(17-29)15-24-23-6-4-3-5-18(23)11-13-27-24/h3-10,20-21H,11-17H2,1-2H3,(H,30,31)/t20-,21-/m0/s1. The number of hydrogen-bond donors (Lipinski definition) is 1. The number of anilines is 1. The first-order valence-corrected chi connectivity index (χ1v) is 11.3. The van der Waals surface area contributed by atoms with Crippen LogP contribution in [0, 0.1) is 11.8 Å². The summed E-state index contributed by atoms with van der Waals surface area (Å²) in [6, 6.07) is 16.0. The van der Waals surface area contributed by atoms with Gasteiger partial charge in [-0.15, -0.1) is 0 Å². The normalized spacial score (nSPS) is 20.3. The molecule has 0 unspecified atom stereocenters. The van der Waals surface area contributed by atoms with Crippen molar-refractivity contribution < 1.29 is 14.7 Å². The fourth-order valence-electron chi connectivity index (χ4n) is 4.91. The predicted octanol–water partition coefficient (Wildman–Crippen LogP) is 3.74. The van der Waals surface area contributed by atoms with Gasteiger partial charge >= 0.3 is 5.97 Å². The Balaban J connectivity index is 1.52. The molecule has 168 valence electrons. The molecule has 1 fully saturated rings. The monoisotopic (exact) mass is 433 g/mol. The van der Waals surface area contributed by atoms with E-state index in [2.05, 4.69) is 18.2 Å². The van der Waals surface area contributed by atoms with Gasteiger partial charge in [0, 0.05) is 57.1 Å². The molecule has 2 aliphatic rings. The first-order chi connectivity index (χ1) is 15.4. The van der Waals surface area contributed by atoms with Crippen LogP contribution in [0.3, 0.4) is 0 Å². The van der Waals surface area contributed by atoms with Crippen molar-refractivity contribution in [2.24, 2.45) is 16.8 Å². The van der Waals surface area contributed by atoms with Crippen LogP contribution in [-0.4, -0.2) is 61.3 Å². The van der Waals surface area contributed by atoms with Gasteiger partial charge < -0.3 is 14.9 Å². The predicted molar refractivity (Wildman–Crippen MR) is 127 cm³/mol. The molecular formula is C26H31N3O3. The van der Waals surface area contributed by atoms with E-state index in [1.54, 1.807) is 0 Å². The molecule has 0 aliphatic carbocycles. The lowest BCUT2D eigenvalue weighted by Gasteiger charge is -2.39. The highest BCUT2D eigenvalue weighted by atomic mass is 16.4. The van der Waals surface area contributed by atoms with Gasteiger partial charge in [0.1, 0.15) is 0 Å². The first-order valence-electron chi connectivity index (χ1n) is 11.3. The summed E-state index contributed by atoms with van der Waals surface area (Å²) in [5.74, 6) is -0.635. The van der Waals surface area contributed by atoms with Gasteiger partial charge in [0.05, 0.1) is 0 Å². The molecule has 0 saturated carbocycles. The van der Waals surface area contributed by atoms with Crippen molar-refractivity contribution in [3.63, 3.8) is 0 Å². The maximum absolute atomic E-state index is 13.2. The lowest BCUT2D eigenvalue weighted by molar-refractivity contribution is -0.138. The van der Waals surface area contributed by atoms with Gasteiger partial charge in [-0.1, -0.05) is 24.3 Å². The summed E-state index contributed by atoms with van der Waals surface area (Å²) in [5.41, 5.74) is 5.25. The van der Waals surface area contributed by atoms with Crippen LogP contribution in [0.2, 0.25) is 0 Å². The molecule has 1 saturated heterocycles. The molecule has 6 heteroatoms. The number of piperidine rings is 1. The molecule has 4 rings (SSSR count). The van der Waals surface area contributed by atoms with Crippen LogP contribution >= 0.6 is 0 Å². The fraction of sp³-hybridized carbons (Fsp3) is 0.423. The number of fused-ring (bicyclic) bond motifs is 1. The van der Waals surface area contributed by atoms with E-state index in [1.807, 2.05) is 54.2 Å². The summed E-state index contributed by atoms with van der Waals surface area (Å²) in [4.78, 5) is 33.4. The third kappa shape index (κ3) is 4.85. The second-order valence-corrected chi connectivity index (χ2v) is 9.04. The molecule has 2 aromatic carbocycles. The molecule has 2 aromatic rings. The van der Waals surface area contributed by atoms with Crippen molar-refractivity contribution in [3.8, 4) is 0 Å². The number of rotatable bonds is 6. The van der Waals surface area contributed by atoms with Gasteiger partial charge in [-0.3, -0.25) is 14.6 Å². The Hall–Kier alpha value is -3.15. The van der Waals surface area contributed by atoms with E-state index in [1.165, 1.54) is 11.1 Å². The average molecular weight is 434 g/mol. The molecule has 2 atom stereocenters. The van der Waals surface area contributed by atoms with E-state index in [4.69, 9.17) is 4.99 Å². The van der Waals surface area contributed by atoms with Crippen molar-refractivity contribution in [1.82, 2.24) is 4.90 Å². The van der Waals surface area contributed by atoms with Gasteiger partial charge in [-0.05, 0) is 66.5 Å². The molecule has 6 nitrogen and oxygen atoms in total. The summed E-state index contributed by atoms with van der Waals surface area (Å²) >= 11 is 0. The van der Waals surface area contributed by atoms with Crippen molar-refractivity contribution in [1.29, 1.82) is 0 Å². The fourth-order valence-corrected chi connectivity index (χ4v) is 4.91. The average Bonchev–Trinajstić information content (AvgIpc) is 2.79. The van der Waals surface area contributed by atoms with Crippen LogP contribution < -0.4 is 4.90 Å². The Labute approximate surface area is 189 Å². The topological polar surface area (TPSA) is 73.2 Å². The number of benzene rings is 2. The number of aliphatic imine (C=N–C) groups is 1. The van der Waals surface area contributed by atoms with E-state index < -0.39 is 5.97 Å². The number of amides is 1. The second kappa shape index (κ2) is 9.55. The highest BCUT2D eigenvalue weighted by Gasteiger charge is 2.34. The SMILES string of the molecule is CN(C)c1ccc(C(=O)N2CC[C@@H](CC(=O)O)[C@@H](CC3=NCCc4ccccc43)C2)cc1. The maximum Gasteiger partial charge on any atom is 0.303 e. The zero-order valence-corrected chi connectivity index (χ0v) is 18.8. The van der Waals surface area contributed by atoms with Crippen LogP contribution in [0.25, 0.3) is 0 Å². The van der Waals surface area contributed by atoms with Crippen LogP contribution in [0.1, 0.15) is 40.7 Å². The lowest BCUT2D eigenvalue weighted by atomic mass is 9.78. The zero-order valence-electron chi connectivity index (χ0n) is 18.8. The molecule has 2 heterocycles. The molecule has 2 aliphatic heterocycles. The Bertz CT molecular complexity index is 1010. The van der Waals surface area contributed by atoms with Crippen molar-refractivity contribution in [3.05, 3.63) is 65.2 Å². The van der Waals surface area contributed by atoms with Crippen LogP contribution in [0.4, 0.5) is 5.69 Å². The number of hydrogen-bond acceptors (Lipinski definition) is 4. The highest BCUT2D eigenvalue weighted by Crippen LogP contribution is 2.32. The maximum atomic E-state index is 13.2. The van der Waals surface area contributed by atoms with E-state index in [0.717, 1.165) is 24.4 Å². The highest BCUT2D eigenvalue weighted by molar-refractivity contribution is 6.02. The van der Waals surface area contributed by atoms with Gasteiger partial charge in [0.25, 0.3) is 5.91 Å². The van der Waals surface area contributed by atoms with E-state index in [0.29, 0.717) is 31.5 Å². The second-order valence-electron chi connectivity index (χ2n) is 9.04. The van der Waals surface area contributed by atoms with Crippen LogP contribution in [0.15, 0.2) is 53.5 Å². The largest absolute Gasteiger partial charge is 0.481 e. The van der Waals surface area contributed by atoms with E-state index in [-0.39, 0.29) is 24.2 Å². The van der Waals surface area contributed by atoms with Gasteiger partial charge in [0.15, 0.2) is 0 Å². The summed E-state index contributed by atoms with van der Waals surface area (Å²) in [7, 11) is 3.95. The smallest absolute Gasteiger partial charge is 0.303 e. The van der Waals surface area contributed by atoms with Gasteiger partial charge in [0.2, 0.25) is 0 Å². The Kier molecular flexibility index (Phi) is 6.58. The summed E-state index contributed by atoms with van der Waals surface area (Å²) < 4.78 is 0. The minimum absolute atomic E-state index is 0.0139. The number of carbonyl (C=O) groups is 2. The quantitative estimate of drug-likeness (QED) is 0.753. The molecule has 0 spiro atoms. The number of likely N-dealkylation sites (tertiary alicyclic amines) is 1. The van der Waals surface area contributed by atoms with Crippen molar-refractivity contribution in [2.45, 2.75) is 25.7 Å². The third-order valence-electron chi connectivity index (χ3n) is 6.71. The van der Waals surface area contributed by atoms with Crippen LogP contribution in [0.5, 0.6) is 0 Å². The van der Waals surface area contributed by atoms with Gasteiger partial charge in [-0.25, -0.2) is 0 Å². The molecule has 1 amide bonds. The number of carboxylic acid groups (broad SMARTS) is 1. The van der Waals surface area contributed by atoms with Gasteiger partial charge in [-0.2, -0.15) is 0 Å². The summed E-state index contributed by atoms with van der Waals surface area (Å²) in [5, 5.41) is 9.46. The number of carbonyl (C=O) groups excluding carboxylic acids is 1. The van der Waals surface area contributed by atoms with Crippen molar-refractivity contribution in [2.75, 3.05) is 38.6 Å². The molecule has 1 N–H and O–H groups in total. The minimum atomic E-state index is -0.773. The Morgan fingerprint density at radius 2 is 1.84 bits per heavy atom. The minimum Gasteiger partial charge on any atom is -0.481 e. The lowest BCUT2D eigenvalue weighted by Crippen LogP contribution is -2.45. The Morgan fingerprint density at radius 3 is 2.56 bits per heavy atom. The van der Waals surface area contributed by atoms with Crippen LogP contribution in [-0.2, 0) is 11.2 Å². The molecule has 32 heavy (non-hydrogen) atoms. The molecular weight excluding hydrogens is 402 g/mol. The number of nitrogens with zero attached hydrogens (tertiary/aromatic N) is 3. The van der Waals surface area contributed by atoms with Crippen molar-refractivity contribution >= 4 is 23.3 Å². The number of carboxylic acids is 1. The molecule has 0 radical (unpaired) electrons. The zero-order chi connectivity index (χ0) is 22.7. The third-order valence-corrected chi connectivity index (χ3v) is 6.71. The summed E-state index contributed by atoms with van der Waals surface area (Å²) in [6.45, 7) is 1.92. The number of aliphatic carboxylic acids is 1. The van der Waals surface area contributed by atoms with E-state index >= 15 is 0 Å². The summed E-state index contributed by atoms with van der Waals surface area (Å²) in [6.07, 6.45) is 2.49. The molecule has 0 bridgehead atoms. The molecule has 0 aromatic heterocycles. The Morgan fingerprint density at radius 1 is 1.09 bits per heavy atom.